The van der Waals surface area contributed by atoms with Crippen molar-refractivity contribution < 1.29 is 13.6 Å². The van der Waals surface area contributed by atoms with Gasteiger partial charge in [-0.15, -0.1) is 0 Å². The predicted molar refractivity (Wildman–Crippen MR) is 51.3 cm³/mol. The zero-order valence-corrected chi connectivity index (χ0v) is 8.36. The van der Waals surface area contributed by atoms with E-state index >= 15 is 0 Å². The third-order valence-electron chi connectivity index (χ3n) is 1.96. The van der Waals surface area contributed by atoms with Crippen molar-refractivity contribution in [3.63, 3.8) is 0 Å². The van der Waals surface area contributed by atoms with Gasteiger partial charge in [-0.1, -0.05) is 0 Å². The Hall–Kier alpha value is -1.23. The normalized spacial score (nSPS) is 10.8. The Labute approximate surface area is 86.0 Å². The number of aromatic nitrogens is 1. The van der Waals surface area contributed by atoms with E-state index in [4.69, 9.17) is 0 Å². The molecular weight excluding hydrogens is 256 g/mol. The quantitative estimate of drug-likeness (QED) is 0.620. The Kier molecular flexibility index (Phi) is 2.11. The summed E-state index contributed by atoms with van der Waals surface area (Å²) in [6.45, 7) is 0. The Morgan fingerprint density at radius 2 is 2.14 bits per heavy atom. The number of hydrogen-bond acceptors (Lipinski definition) is 1. The molecule has 0 atom stereocenters. The number of nitrogens with one attached hydrogen (secondary N) is 1. The number of hydrogen-bond donors (Lipinski definition) is 1. The highest BCUT2D eigenvalue weighted by Gasteiger charge is 2.15. The summed E-state index contributed by atoms with van der Waals surface area (Å²) >= 11 is 2.77. The van der Waals surface area contributed by atoms with Crippen molar-refractivity contribution in [2.75, 3.05) is 0 Å². The minimum absolute atomic E-state index is 0.105. The maximum absolute atomic E-state index is 13.5. The van der Waals surface area contributed by atoms with Crippen LogP contribution in [0.2, 0.25) is 0 Å². The molecule has 0 fully saturated rings. The molecule has 2 aromatic rings. The van der Waals surface area contributed by atoms with Crippen LogP contribution in [0, 0.1) is 11.6 Å². The van der Waals surface area contributed by atoms with E-state index in [-0.39, 0.29) is 20.9 Å². The number of H-pyrrole nitrogens is 1. The first kappa shape index (κ1) is 9.33. The molecule has 0 aliphatic carbocycles. The van der Waals surface area contributed by atoms with Gasteiger partial charge in [0.2, 0.25) is 0 Å². The van der Waals surface area contributed by atoms with Crippen molar-refractivity contribution >= 4 is 33.1 Å². The van der Waals surface area contributed by atoms with E-state index < -0.39 is 11.6 Å². The second kappa shape index (κ2) is 3.16. The van der Waals surface area contributed by atoms with Gasteiger partial charge >= 0.3 is 0 Å². The molecular formula is C9H4BrF2NO. The van der Waals surface area contributed by atoms with Crippen LogP contribution in [0.4, 0.5) is 8.78 Å². The van der Waals surface area contributed by atoms with Crippen LogP contribution >= 0.6 is 15.9 Å². The first-order valence-electron chi connectivity index (χ1n) is 3.75. The van der Waals surface area contributed by atoms with Gasteiger partial charge in [-0.05, 0) is 22.0 Å². The van der Waals surface area contributed by atoms with E-state index in [1.807, 2.05) is 0 Å². The van der Waals surface area contributed by atoms with E-state index in [1.165, 1.54) is 6.20 Å². The van der Waals surface area contributed by atoms with Crippen LogP contribution in [-0.4, -0.2) is 11.3 Å². The third-order valence-corrected chi connectivity index (χ3v) is 2.69. The van der Waals surface area contributed by atoms with Crippen molar-refractivity contribution in [2.24, 2.45) is 0 Å². The first-order chi connectivity index (χ1) is 6.65. The van der Waals surface area contributed by atoms with Crippen molar-refractivity contribution in [3.05, 3.63) is 33.9 Å². The highest BCUT2D eigenvalue weighted by Crippen LogP contribution is 2.29. The summed E-state index contributed by atoms with van der Waals surface area (Å²) in [7, 11) is 0. The Bertz CT molecular complexity index is 521. The molecule has 1 aromatic heterocycles. The Balaban J connectivity index is 2.95. The van der Waals surface area contributed by atoms with Gasteiger partial charge in [0, 0.05) is 17.1 Å². The topological polar surface area (TPSA) is 32.9 Å². The Morgan fingerprint density at radius 1 is 1.43 bits per heavy atom. The maximum Gasteiger partial charge on any atom is 0.152 e. The summed E-state index contributed by atoms with van der Waals surface area (Å²) in [5.41, 5.74) is 0.448. The number of carbonyl (C=O) groups excluding carboxylic acids is 1. The molecule has 72 valence electrons. The van der Waals surface area contributed by atoms with Gasteiger partial charge < -0.3 is 4.98 Å². The van der Waals surface area contributed by atoms with Gasteiger partial charge in [-0.2, -0.15) is 0 Å². The molecule has 0 aliphatic heterocycles. The monoisotopic (exact) mass is 259 g/mol. The second-order valence-corrected chi connectivity index (χ2v) is 3.56. The number of aromatic amines is 1. The SMILES string of the molecule is O=Cc1c[nH]c2cc(F)c(Br)c(F)c12. The van der Waals surface area contributed by atoms with Gasteiger partial charge in [0.15, 0.2) is 6.29 Å². The van der Waals surface area contributed by atoms with Crippen molar-refractivity contribution in [1.29, 1.82) is 0 Å². The summed E-state index contributed by atoms with van der Waals surface area (Å²) in [6.07, 6.45) is 1.86. The number of fused-ring (bicyclic) bond motifs is 1. The number of halogens is 3. The van der Waals surface area contributed by atoms with Crippen LogP contribution in [0.1, 0.15) is 10.4 Å². The fourth-order valence-electron chi connectivity index (χ4n) is 1.31. The molecule has 0 aliphatic rings. The maximum atomic E-state index is 13.5. The number of benzene rings is 1. The minimum Gasteiger partial charge on any atom is -0.360 e. The largest absolute Gasteiger partial charge is 0.360 e. The summed E-state index contributed by atoms with van der Waals surface area (Å²) < 4.78 is 26.2. The molecule has 2 rings (SSSR count). The fraction of sp³-hybridized carbons (Fsp3) is 0. The molecule has 1 N–H and O–H groups in total. The predicted octanol–water partition coefficient (Wildman–Crippen LogP) is 3.02. The van der Waals surface area contributed by atoms with E-state index in [0.29, 0.717) is 6.29 Å². The number of rotatable bonds is 1. The molecule has 1 aromatic carbocycles. The fourth-order valence-corrected chi connectivity index (χ4v) is 1.62. The molecule has 5 heteroatoms. The van der Waals surface area contributed by atoms with E-state index in [0.717, 1.165) is 6.07 Å². The van der Waals surface area contributed by atoms with E-state index in [2.05, 4.69) is 20.9 Å². The lowest BCUT2D eigenvalue weighted by molar-refractivity contribution is 0.112. The molecule has 14 heavy (non-hydrogen) atoms. The van der Waals surface area contributed by atoms with Gasteiger partial charge in [0.05, 0.1) is 9.99 Å². The summed E-state index contributed by atoms with van der Waals surface area (Å²) in [4.78, 5) is 13.2. The van der Waals surface area contributed by atoms with Crippen molar-refractivity contribution in [2.45, 2.75) is 0 Å². The Morgan fingerprint density at radius 3 is 2.79 bits per heavy atom. The zero-order valence-electron chi connectivity index (χ0n) is 6.77. The van der Waals surface area contributed by atoms with Gasteiger partial charge in [-0.25, -0.2) is 8.78 Å². The highest BCUT2D eigenvalue weighted by molar-refractivity contribution is 9.10. The average Bonchev–Trinajstić information content (AvgIpc) is 2.57. The number of aldehydes is 1. The smallest absolute Gasteiger partial charge is 0.152 e. The molecule has 2 nitrogen and oxygen atoms in total. The first-order valence-corrected chi connectivity index (χ1v) is 4.54. The van der Waals surface area contributed by atoms with Gasteiger partial charge in [-0.3, -0.25) is 4.79 Å². The molecule has 0 spiro atoms. The molecule has 0 saturated carbocycles. The van der Waals surface area contributed by atoms with Gasteiger partial charge in [0.1, 0.15) is 11.6 Å². The van der Waals surface area contributed by atoms with Crippen LogP contribution in [0.15, 0.2) is 16.7 Å². The number of carbonyl (C=O) groups is 1. The lowest BCUT2D eigenvalue weighted by Gasteiger charge is -1.98. The summed E-state index contributed by atoms with van der Waals surface area (Å²) in [6, 6.07) is 1.13. The summed E-state index contributed by atoms with van der Waals surface area (Å²) in [5, 5.41) is 0.105. The second-order valence-electron chi connectivity index (χ2n) is 2.77. The van der Waals surface area contributed by atoms with E-state index in [1.54, 1.807) is 0 Å². The van der Waals surface area contributed by atoms with Crippen LogP contribution < -0.4 is 0 Å². The highest BCUT2D eigenvalue weighted by atomic mass is 79.9. The third kappa shape index (κ3) is 1.16. The summed E-state index contributed by atoms with van der Waals surface area (Å²) in [5.74, 6) is -1.46. The molecule has 1 heterocycles. The zero-order chi connectivity index (χ0) is 10.3. The minimum atomic E-state index is -0.761. The molecule has 0 unspecified atom stereocenters. The van der Waals surface area contributed by atoms with Crippen molar-refractivity contribution in [1.82, 2.24) is 4.98 Å². The molecule has 0 radical (unpaired) electrons. The van der Waals surface area contributed by atoms with E-state index in [9.17, 15) is 13.6 Å². The molecule has 0 saturated heterocycles. The molecule has 0 amide bonds. The standard InChI is InChI=1S/C9H4BrF2NO/c10-8-5(11)1-6-7(9(8)12)4(3-14)2-13-6/h1-3,13H. The van der Waals surface area contributed by atoms with Crippen LogP contribution in [-0.2, 0) is 0 Å². The van der Waals surface area contributed by atoms with Crippen molar-refractivity contribution in [3.8, 4) is 0 Å². The lowest BCUT2D eigenvalue weighted by Crippen LogP contribution is -1.87. The molecule has 0 bridgehead atoms. The van der Waals surface area contributed by atoms with Crippen LogP contribution in [0.3, 0.4) is 0 Å². The van der Waals surface area contributed by atoms with Crippen LogP contribution in [0.25, 0.3) is 10.9 Å². The van der Waals surface area contributed by atoms with Gasteiger partial charge in [0.25, 0.3) is 0 Å². The lowest BCUT2D eigenvalue weighted by atomic mass is 10.2. The van der Waals surface area contributed by atoms with Crippen LogP contribution in [0.5, 0.6) is 0 Å². The average molecular weight is 260 g/mol.